The highest BCUT2D eigenvalue weighted by atomic mass is 35.5. The first-order valence-corrected chi connectivity index (χ1v) is 8.85. The molecule has 27 heavy (non-hydrogen) atoms. The fraction of sp³-hybridized carbons (Fsp3) is 0.250. The molecule has 140 valence electrons. The molecular weight excluding hydrogens is 368 g/mol. The van der Waals surface area contributed by atoms with Crippen LogP contribution in [0.1, 0.15) is 30.9 Å². The number of carbonyl (C=O) groups is 1. The Balaban J connectivity index is 1.57. The summed E-state index contributed by atoms with van der Waals surface area (Å²) in [7, 11) is 1.60. The summed E-state index contributed by atoms with van der Waals surface area (Å²) in [5.41, 5.74) is 1.66. The number of ether oxygens (including phenoxy) is 2. The second-order valence-corrected chi connectivity index (χ2v) is 6.30. The molecule has 6 nitrogen and oxygen atoms in total. The highest BCUT2D eigenvalue weighted by Gasteiger charge is 2.19. The van der Waals surface area contributed by atoms with Gasteiger partial charge in [-0.15, -0.1) is 10.2 Å². The first kappa shape index (κ1) is 18.9. The molecule has 1 aromatic heterocycles. The maximum absolute atomic E-state index is 12.1. The predicted octanol–water partition coefficient (Wildman–Crippen LogP) is 4.64. The number of esters is 1. The van der Waals surface area contributed by atoms with E-state index in [-0.39, 0.29) is 18.3 Å². The molecule has 0 aliphatic carbocycles. The molecule has 3 rings (SSSR count). The first-order valence-electron chi connectivity index (χ1n) is 8.47. The van der Waals surface area contributed by atoms with E-state index in [9.17, 15) is 4.79 Å². The lowest BCUT2D eigenvalue weighted by Crippen LogP contribution is -2.10. The van der Waals surface area contributed by atoms with Gasteiger partial charge in [-0.3, -0.25) is 4.79 Å². The highest BCUT2D eigenvalue weighted by molar-refractivity contribution is 6.31. The Bertz CT molecular complexity index is 908. The molecule has 1 atom stereocenters. The monoisotopic (exact) mass is 386 g/mol. The predicted molar refractivity (Wildman–Crippen MR) is 101 cm³/mol. The zero-order chi connectivity index (χ0) is 19.2. The minimum Gasteiger partial charge on any atom is -0.497 e. The Morgan fingerprint density at radius 2 is 1.89 bits per heavy atom. The topological polar surface area (TPSA) is 74.5 Å². The molecule has 0 N–H and O–H groups in total. The third-order valence-electron chi connectivity index (χ3n) is 3.99. The number of nitrogens with zero attached hydrogens (tertiary/aromatic N) is 2. The fourth-order valence-corrected chi connectivity index (χ4v) is 2.72. The Morgan fingerprint density at radius 3 is 2.59 bits per heavy atom. The summed E-state index contributed by atoms with van der Waals surface area (Å²) >= 11 is 6.10. The van der Waals surface area contributed by atoms with Crippen molar-refractivity contribution in [1.29, 1.82) is 0 Å². The number of rotatable bonds is 7. The van der Waals surface area contributed by atoms with Crippen molar-refractivity contribution in [2.24, 2.45) is 0 Å². The van der Waals surface area contributed by atoms with Crippen LogP contribution in [0, 0.1) is 0 Å². The lowest BCUT2D eigenvalue weighted by molar-refractivity contribution is -0.149. The van der Waals surface area contributed by atoms with E-state index in [1.165, 1.54) is 0 Å². The van der Waals surface area contributed by atoms with Crippen molar-refractivity contribution in [3.05, 3.63) is 65.0 Å². The molecule has 0 fully saturated rings. The highest BCUT2D eigenvalue weighted by Crippen LogP contribution is 2.24. The van der Waals surface area contributed by atoms with Crippen molar-refractivity contribution in [3.63, 3.8) is 0 Å². The fourth-order valence-electron chi connectivity index (χ4n) is 2.49. The Morgan fingerprint density at radius 1 is 1.15 bits per heavy atom. The average Bonchev–Trinajstić information content (AvgIpc) is 3.18. The first-order chi connectivity index (χ1) is 13.1. The van der Waals surface area contributed by atoms with E-state index in [2.05, 4.69) is 10.2 Å². The van der Waals surface area contributed by atoms with E-state index in [1.807, 2.05) is 30.3 Å². The largest absolute Gasteiger partial charge is 0.497 e. The van der Waals surface area contributed by atoms with Crippen LogP contribution in [0.3, 0.4) is 0 Å². The van der Waals surface area contributed by atoms with Gasteiger partial charge < -0.3 is 13.9 Å². The van der Waals surface area contributed by atoms with E-state index < -0.39 is 6.10 Å². The van der Waals surface area contributed by atoms with Crippen molar-refractivity contribution >= 4 is 17.6 Å². The molecule has 0 amide bonds. The molecular formula is C20H19ClN2O4. The molecule has 3 aromatic rings. The third-order valence-corrected chi connectivity index (χ3v) is 4.36. The zero-order valence-corrected chi connectivity index (χ0v) is 15.8. The van der Waals surface area contributed by atoms with Gasteiger partial charge in [-0.2, -0.15) is 0 Å². The normalized spacial score (nSPS) is 11.8. The maximum atomic E-state index is 12.1. The van der Waals surface area contributed by atoms with E-state index >= 15 is 0 Å². The van der Waals surface area contributed by atoms with E-state index in [0.29, 0.717) is 17.3 Å². The van der Waals surface area contributed by atoms with Crippen LogP contribution in [0.2, 0.25) is 5.02 Å². The molecule has 0 radical (unpaired) electrons. The second kappa shape index (κ2) is 8.68. The summed E-state index contributed by atoms with van der Waals surface area (Å²) in [6.45, 7) is 1.69. The number of methoxy groups -OCH3 is 1. The van der Waals surface area contributed by atoms with Gasteiger partial charge in [0.1, 0.15) is 5.75 Å². The average molecular weight is 387 g/mol. The van der Waals surface area contributed by atoms with Crippen LogP contribution in [0.25, 0.3) is 11.5 Å². The smallest absolute Gasteiger partial charge is 0.306 e. The molecule has 0 aliphatic heterocycles. The van der Waals surface area contributed by atoms with Crippen molar-refractivity contribution < 1.29 is 18.7 Å². The third kappa shape index (κ3) is 4.86. The van der Waals surface area contributed by atoms with Crippen LogP contribution in [-0.4, -0.2) is 23.3 Å². The molecule has 0 saturated carbocycles. The summed E-state index contributed by atoms with van der Waals surface area (Å²) in [5.74, 6) is 0.976. The van der Waals surface area contributed by atoms with Crippen LogP contribution in [0.5, 0.6) is 5.75 Å². The van der Waals surface area contributed by atoms with Crippen LogP contribution in [0.15, 0.2) is 52.9 Å². The second-order valence-electron chi connectivity index (χ2n) is 5.90. The molecule has 0 bridgehead atoms. The van der Waals surface area contributed by atoms with Crippen molar-refractivity contribution in [3.8, 4) is 17.2 Å². The quantitative estimate of drug-likeness (QED) is 0.551. The summed E-state index contributed by atoms with van der Waals surface area (Å²) in [4.78, 5) is 12.1. The van der Waals surface area contributed by atoms with E-state index in [1.54, 1.807) is 32.2 Å². The molecule has 2 aromatic carbocycles. The minimum atomic E-state index is -0.636. The Labute approximate surface area is 162 Å². The lowest BCUT2D eigenvalue weighted by atomic mass is 10.1. The zero-order valence-electron chi connectivity index (χ0n) is 15.0. The number of carbonyl (C=O) groups excluding carboxylic acids is 1. The summed E-state index contributed by atoms with van der Waals surface area (Å²) in [5, 5.41) is 8.62. The summed E-state index contributed by atoms with van der Waals surface area (Å²) < 4.78 is 16.1. The van der Waals surface area contributed by atoms with Gasteiger partial charge in [-0.05, 0) is 49.2 Å². The Hall–Kier alpha value is -2.86. The van der Waals surface area contributed by atoms with Crippen LogP contribution < -0.4 is 4.74 Å². The molecule has 0 aliphatic rings. The van der Waals surface area contributed by atoms with Gasteiger partial charge in [0.2, 0.25) is 5.89 Å². The van der Waals surface area contributed by atoms with Gasteiger partial charge in [0, 0.05) is 17.0 Å². The number of hydrogen-bond acceptors (Lipinski definition) is 6. The van der Waals surface area contributed by atoms with Gasteiger partial charge >= 0.3 is 5.97 Å². The summed E-state index contributed by atoms with van der Waals surface area (Å²) in [6, 6.07) is 14.7. The van der Waals surface area contributed by atoms with Crippen LogP contribution in [0.4, 0.5) is 0 Å². The minimum absolute atomic E-state index is 0.216. The Kier molecular flexibility index (Phi) is 6.08. The van der Waals surface area contributed by atoms with Crippen LogP contribution >= 0.6 is 11.6 Å². The van der Waals surface area contributed by atoms with Gasteiger partial charge in [-0.1, -0.05) is 29.8 Å². The number of hydrogen-bond donors (Lipinski definition) is 0. The lowest BCUT2D eigenvalue weighted by Gasteiger charge is -2.09. The van der Waals surface area contributed by atoms with Gasteiger partial charge in [-0.25, -0.2) is 0 Å². The van der Waals surface area contributed by atoms with Crippen LogP contribution in [-0.2, 0) is 16.0 Å². The number of benzene rings is 2. The summed E-state index contributed by atoms with van der Waals surface area (Å²) in [6.07, 6.45) is 0.0860. The number of halogens is 1. The SMILES string of the molecule is COc1ccc(-c2nnc(C(C)OC(=O)CCc3ccccc3Cl)o2)cc1. The molecule has 1 unspecified atom stereocenters. The van der Waals surface area contributed by atoms with E-state index in [4.69, 9.17) is 25.5 Å². The van der Waals surface area contributed by atoms with Gasteiger partial charge in [0.25, 0.3) is 5.89 Å². The number of aromatic nitrogens is 2. The molecule has 1 heterocycles. The molecule has 0 spiro atoms. The van der Waals surface area contributed by atoms with Crippen molar-refractivity contribution in [1.82, 2.24) is 10.2 Å². The van der Waals surface area contributed by atoms with Gasteiger partial charge in [0.05, 0.1) is 7.11 Å². The standard InChI is InChI=1S/C20H19ClN2O4/c1-13(26-18(24)12-9-14-5-3-4-6-17(14)21)19-22-23-20(27-19)15-7-10-16(25-2)11-8-15/h3-8,10-11,13H,9,12H2,1-2H3. The van der Waals surface area contributed by atoms with Crippen molar-refractivity contribution in [2.75, 3.05) is 7.11 Å². The van der Waals surface area contributed by atoms with Crippen molar-refractivity contribution in [2.45, 2.75) is 25.9 Å². The van der Waals surface area contributed by atoms with E-state index in [0.717, 1.165) is 16.9 Å². The number of aryl methyl sites for hydroxylation is 1. The maximum Gasteiger partial charge on any atom is 0.306 e. The molecule has 7 heteroatoms. The van der Waals surface area contributed by atoms with Gasteiger partial charge in [0.15, 0.2) is 6.10 Å². The molecule has 0 saturated heterocycles.